The molecule has 0 radical (unpaired) electrons. The van der Waals surface area contributed by atoms with Crippen LogP contribution in [0.1, 0.15) is 23.5 Å². The molecule has 2 aliphatic heterocycles. The van der Waals surface area contributed by atoms with Crippen molar-refractivity contribution in [1.29, 1.82) is 5.26 Å². The van der Waals surface area contributed by atoms with Gasteiger partial charge in [-0.15, -0.1) is 0 Å². The molecule has 2 atom stereocenters. The summed E-state index contributed by atoms with van der Waals surface area (Å²) in [5.41, 5.74) is 7.03. The van der Waals surface area contributed by atoms with Crippen molar-refractivity contribution in [2.24, 2.45) is 5.73 Å². The quantitative estimate of drug-likeness (QED) is 0.594. The Hall–Kier alpha value is -4.10. The lowest BCUT2D eigenvalue weighted by molar-refractivity contribution is -0.142. The van der Waals surface area contributed by atoms with Crippen LogP contribution < -0.4 is 11.1 Å². The van der Waals surface area contributed by atoms with Crippen LogP contribution in [-0.2, 0) is 25.7 Å². The Kier molecular flexibility index (Phi) is 6.89. The van der Waals surface area contributed by atoms with Crippen molar-refractivity contribution < 1.29 is 23.5 Å². The van der Waals surface area contributed by atoms with Crippen molar-refractivity contribution >= 4 is 29.5 Å². The largest absolute Gasteiger partial charge is 0.469 e. The van der Waals surface area contributed by atoms with Gasteiger partial charge in [-0.1, -0.05) is 60.3 Å². The van der Waals surface area contributed by atoms with E-state index in [1.165, 1.54) is 25.3 Å². The predicted molar refractivity (Wildman–Crippen MR) is 126 cm³/mol. The number of rotatable bonds is 6. The lowest BCUT2D eigenvalue weighted by Gasteiger charge is -2.32. The number of methoxy groups -OCH3 is 1. The van der Waals surface area contributed by atoms with Gasteiger partial charge in [0.15, 0.2) is 0 Å². The third kappa shape index (κ3) is 4.50. The monoisotopic (exact) mass is 492 g/mol. The standard InChI is InChI=1S/C25H21FN4O4S/c1-34-19(31)11-18-24(33)30-22(28)16(12-27)20(15-9-5-6-10-17(15)26)21(25(30)35-18)23(32)29-13-14-7-3-2-4-8-14/h2-10,18,20H,11,13,28H2,1H3,(H,29,32)/t18-,20+/m1/s1. The van der Waals surface area contributed by atoms with E-state index in [0.29, 0.717) is 0 Å². The Morgan fingerprint density at radius 2 is 1.89 bits per heavy atom. The molecule has 0 saturated carbocycles. The minimum Gasteiger partial charge on any atom is -0.469 e. The Balaban J connectivity index is 1.83. The number of nitriles is 1. The van der Waals surface area contributed by atoms with E-state index in [0.717, 1.165) is 22.2 Å². The summed E-state index contributed by atoms with van der Waals surface area (Å²) in [7, 11) is 1.21. The average molecular weight is 493 g/mol. The SMILES string of the molecule is COC(=O)C[C@H]1SC2=C(C(=O)NCc3ccccc3)[C@@H](c3ccccc3F)C(C#N)=C(N)N2C1=O. The Morgan fingerprint density at radius 3 is 2.54 bits per heavy atom. The van der Waals surface area contributed by atoms with Gasteiger partial charge < -0.3 is 15.8 Å². The van der Waals surface area contributed by atoms with Crippen LogP contribution >= 0.6 is 11.8 Å². The third-order valence-electron chi connectivity index (χ3n) is 5.73. The number of ether oxygens (including phenoxy) is 1. The number of carbonyl (C=O) groups is 3. The lowest BCUT2D eigenvalue weighted by Crippen LogP contribution is -2.40. The summed E-state index contributed by atoms with van der Waals surface area (Å²) in [5.74, 6) is -3.70. The topological polar surface area (TPSA) is 126 Å². The van der Waals surface area contributed by atoms with Gasteiger partial charge in [0.1, 0.15) is 16.9 Å². The summed E-state index contributed by atoms with van der Waals surface area (Å²) in [6.07, 6.45) is -0.252. The molecule has 2 heterocycles. The molecular weight excluding hydrogens is 471 g/mol. The van der Waals surface area contributed by atoms with Crippen molar-refractivity contribution in [2.75, 3.05) is 7.11 Å². The molecule has 2 aliphatic rings. The molecule has 0 bridgehead atoms. The van der Waals surface area contributed by atoms with Gasteiger partial charge in [0, 0.05) is 12.1 Å². The Morgan fingerprint density at radius 1 is 1.20 bits per heavy atom. The maximum Gasteiger partial charge on any atom is 0.307 e. The Labute approximate surface area is 205 Å². The number of benzene rings is 2. The number of esters is 1. The van der Waals surface area contributed by atoms with Gasteiger partial charge in [0.2, 0.25) is 5.91 Å². The summed E-state index contributed by atoms with van der Waals surface area (Å²) >= 11 is 0.973. The number of amides is 2. The first kappa shape index (κ1) is 24.0. The first-order valence-electron chi connectivity index (χ1n) is 10.6. The smallest absolute Gasteiger partial charge is 0.307 e. The number of nitrogens with two attached hydrogens (primary N) is 1. The van der Waals surface area contributed by atoms with E-state index in [4.69, 9.17) is 5.73 Å². The summed E-state index contributed by atoms with van der Waals surface area (Å²) in [5, 5.41) is 12.0. The van der Waals surface area contributed by atoms with E-state index in [1.807, 2.05) is 36.4 Å². The van der Waals surface area contributed by atoms with Crippen LogP contribution in [0.5, 0.6) is 0 Å². The van der Waals surface area contributed by atoms with Crippen molar-refractivity contribution in [3.05, 3.63) is 93.5 Å². The lowest BCUT2D eigenvalue weighted by atomic mass is 9.82. The highest BCUT2D eigenvalue weighted by atomic mass is 32.2. The number of carbonyl (C=O) groups excluding carboxylic acids is 3. The van der Waals surface area contributed by atoms with Crippen molar-refractivity contribution in [2.45, 2.75) is 24.1 Å². The molecule has 2 aromatic carbocycles. The van der Waals surface area contributed by atoms with Crippen LogP contribution in [0, 0.1) is 17.1 Å². The molecule has 1 saturated heterocycles. The average Bonchev–Trinajstić information content (AvgIpc) is 3.19. The number of nitrogens with one attached hydrogen (secondary N) is 1. The van der Waals surface area contributed by atoms with Gasteiger partial charge in [-0.2, -0.15) is 5.26 Å². The molecule has 8 nitrogen and oxygen atoms in total. The van der Waals surface area contributed by atoms with Crippen molar-refractivity contribution in [3.8, 4) is 6.07 Å². The molecule has 4 rings (SSSR count). The second-order valence-corrected chi connectivity index (χ2v) is 9.00. The predicted octanol–water partition coefficient (Wildman–Crippen LogP) is 2.65. The van der Waals surface area contributed by atoms with Gasteiger partial charge in [0.25, 0.3) is 5.91 Å². The molecule has 178 valence electrons. The summed E-state index contributed by atoms with van der Waals surface area (Å²) < 4.78 is 19.6. The number of nitrogens with zero attached hydrogens (tertiary/aromatic N) is 2. The third-order valence-corrected chi connectivity index (χ3v) is 7.01. The van der Waals surface area contributed by atoms with Gasteiger partial charge >= 0.3 is 5.97 Å². The fourth-order valence-electron chi connectivity index (χ4n) is 4.04. The van der Waals surface area contributed by atoms with E-state index in [9.17, 15) is 24.0 Å². The van der Waals surface area contributed by atoms with Crippen LogP contribution in [0.25, 0.3) is 0 Å². The van der Waals surface area contributed by atoms with E-state index >= 15 is 0 Å². The maximum absolute atomic E-state index is 14.9. The molecule has 35 heavy (non-hydrogen) atoms. The van der Waals surface area contributed by atoms with E-state index in [-0.39, 0.29) is 40.5 Å². The van der Waals surface area contributed by atoms with Gasteiger partial charge in [0.05, 0.1) is 41.7 Å². The van der Waals surface area contributed by atoms with E-state index in [1.54, 1.807) is 6.07 Å². The van der Waals surface area contributed by atoms with Gasteiger partial charge in [-0.05, 0) is 11.6 Å². The van der Waals surface area contributed by atoms with Gasteiger partial charge in [-0.25, -0.2) is 4.39 Å². The summed E-state index contributed by atoms with van der Waals surface area (Å²) in [6, 6.07) is 16.9. The molecule has 1 fully saturated rings. The van der Waals surface area contributed by atoms with Crippen molar-refractivity contribution in [3.63, 3.8) is 0 Å². The first-order valence-corrected chi connectivity index (χ1v) is 11.5. The maximum atomic E-state index is 14.9. The normalized spacial score (nSPS) is 19.3. The molecule has 3 N–H and O–H groups in total. The molecule has 0 aromatic heterocycles. The number of hydrogen-bond donors (Lipinski definition) is 2. The number of halogens is 1. The van der Waals surface area contributed by atoms with E-state index < -0.39 is 34.8 Å². The zero-order chi connectivity index (χ0) is 25.1. The van der Waals surface area contributed by atoms with Crippen molar-refractivity contribution in [1.82, 2.24) is 10.2 Å². The van der Waals surface area contributed by atoms with Crippen LogP contribution in [0.3, 0.4) is 0 Å². The molecular formula is C25H21FN4O4S. The van der Waals surface area contributed by atoms with Crippen LogP contribution in [-0.4, -0.2) is 35.0 Å². The first-order chi connectivity index (χ1) is 16.9. The molecule has 10 heteroatoms. The summed E-state index contributed by atoms with van der Waals surface area (Å²) in [6.45, 7) is 0.172. The number of hydrogen-bond acceptors (Lipinski definition) is 7. The van der Waals surface area contributed by atoms with Crippen LogP contribution in [0.2, 0.25) is 0 Å². The minimum absolute atomic E-state index is 0.0162. The molecule has 0 aliphatic carbocycles. The zero-order valence-electron chi connectivity index (χ0n) is 18.7. The van der Waals surface area contributed by atoms with E-state index in [2.05, 4.69) is 10.1 Å². The van der Waals surface area contributed by atoms with Gasteiger partial charge in [-0.3, -0.25) is 19.3 Å². The highest BCUT2D eigenvalue weighted by molar-refractivity contribution is 8.04. The summed E-state index contributed by atoms with van der Waals surface area (Å²) in [4.78, 5) is 39.7. The number of allylic oxidation sites excluding steroid dienone is 1. The zero-order valence-corrected chi connectivity index (χ0v) is 19.5. The molecule has 0 unspecified atom stereocenters. The Bertz CT molecular complexity index is 1300. The number of fused-ring (bicyclic) bond motifs is 1. The minimum atomic E-state index is -1.14. The fraction of sp³-hybridized carbons (Fsp3) is 0.200. The second-order valence-electron chi connectivity index (χ2n) is 7.81. The highest BCUT2D eigenvalue weighted by Crippen LogP contribution is 2.50. The van der Waals surface area contributed by atoms with Crippen LogP contribution in [0.4, 0.5) is 4.39 Å². The molecule has 2 aromatic rings. The second kappa shape index (κ2) is 10.0. The fourth-order valence-corrected chi connectivity index (χ4v) is 5.36. The molecule has 0 spiro atoms. The number of thioether (sulfide) groups is 1. The molecule has 2 amide bonds. The highest BCUT2D eigenvalue weighted by Gasteiger charge is 2.49. The van der Waals surface area contributed by atoms with Crippen LogP contribution in [0.15, 0.2) is 76.6 Å².